The van der Waals surface area contributed by atoms with E-state index in [1.165, 1.54) is 37.9 Å². The van der Waals surface area contributed by atoms with Crippen molar-refractivity contribution in [3.63, 3.8) is 0 Å². The molecule has 0 atom stereocenters. The molecule has 0 aromatic carbocycles. The minimum atomic E-state index is 0.478. The highest BCUT2D eigenvalue weighted by Gasteiger charge is 2.38. The van der Waals surface area contributed by atoms with Gasteiger partial charge in [-0.3, -0.25) is 4.99 Å². The molecule has 6 heteroatoms. The van der Waals surface area contributed by atoms with Crippen LogP contribution >= 0.6 is 23.1 Å². The molecule has 1 saturated carbocycles. The summed E-state index contributed by atoms with van der Waals surface area (Å²) < 4.78 is 0.478. The lowest BCUT2D eigenvalue weighted by Crippen LogP contribution is -2.53. The van der Waals surface area contributed by atoms with Crippen molar-refractivity contribution >= 4 is 29.1 Å². The minimum Gasteiger partial charge on any atom is -0.350 e. The van der Waals surface area contributed by atoms with E-state index in [0.717, 1.165) is 36.3 Å². The topological polar surface area (TPSA) is 40.5 Å². The summed E-state index contributed by atoms with van der Waals surface area (Å²) in [6.07, 6.45) is 6.95. The Labute approximate surface area is 141 Å². The number of thioether (sulfide) groups is 1. The molecule has 0 radical (unpaired) electrons. The number of rotatable bonds is 2. The summed E-state index contributed by atoms with van der Waals surface area (Å²) in [5.74, 6) is 2.26. The van der Waals surface area contributed by atoms with Gasteiger partial charge in [0.05, 0.1) is 6.54 Å². The lowest BCUT2D eigenvalue weighted by Gasteiger charge is -2.45. The predicted molar refractivity (Wildman–Crippen MR) is 96.9 cm³/mol. The van der Waals surface area contributed by atoms with Crippen LogP contribution in [0.2, 0.25) is 0 Å². The van der Waals surface area contributed by atoms with E-state index in [9.17, 15) is 0 Å². The maximum absolute atomic E-state index is 4.52. The molecule has 1 aromatic rings. The van der Waals surface area contributed by atoms with E-state index < -0.39 is 0 Å². The molecular weight excluding hydrogens is 312 g/mol. The van der Waals surface area contributed by atoms with Crippen LogP contribution in [0, 0.1) is 6.92 Å². The van der Waals surface area contributed by atoms with E-state index in [2.05, 4.69) is 37.3 Å². The zero-order chi connectivity index (χ0) is 15.4. The van der Waals surface area contributed by atoms with E-state index in [1.54, 1.807) is 11.3 Å². The maximum Gasteiger partial charge on any atom is 0.194 e. The van der Waals surface area contributed by atoms with E-state index in [4.69, 9.17) is 0 Å². The van der Waals surface area contributed by atoms with Crippen LogP contribution in [-0.2, 0) is 6.54 Å². The van der Waals surface area contributed by atoms with Gasteiger partial charge in [0.15, 0.2) is 5.96 Å². The van der Waals surface area contributed by atoms with Crippen molar-refractivity contribution < 1.29 is 0 Å². The average molecular weight is 339 g/mol. The van der Waals surface area contributed by atoms with Crippen LogP contribution in [0.5, 0.6) is 0 Å². The predicted octanol–water partition coefficient (Wildman–Crippen LogP) is 3.28. The molecule has 1 aliphatic heterocycles. The Morgan fingerprint density at radius 1 is 1.41 bits per heavy atom. The summed E-state index contributed by atoms with van der Waals surface area (Å²) in [5.41, 5.74) is 1.10. The normalized spacial score (nSPS) is 22.1. The lowest BCUT2D eigenvalue weighted by atomic mass is 9.87. The van der Waals surface area contributed by atoms with E-state index in [1.807, 2.05) is 14.0 Å². The molecule has 1 N–H and O–H groups in total. The number of aryl methyl sites for hydroxylation is 1. The van der Waals surface area contributed by atoms with Crippen LogP contribution in [0.15, 0.2) is 10.4 Å². The van der Waals surface area contributed by atoms with Gasteiger partial charge in [0.25, 0.3) is 0 Å². The number of aromatic nitrogens is 1. The second-order valence-electron chi connectivity index (χ2n) is 6.30. The first-order valence-corrected chi connectivity index (χ1v) is 10.1. The van der Waals surface area contributed by atoms with Crippen LogP contribution < -0.4 is 5.32 Å². The number of hydrogen-bond donors (Lipinski definition) is 1. The highest BCUT2D eigenvalue weighted by Crippen LogP contribution is 2.42. The third-order valence-electron chi connectivity index (χ3n) is 4.59. The van der Waals surface area contributed by atoms with Gasteiger partial charge in [-0.25, -0.2) is 4.98 Å². The molecule has 122 valence electrons. The van der Waals surface area contributed by atoms with Crippen molar-refractivity contribution in [2.45, 2.75) is 50.3 Å². The van der Waals surface area contributed by atoms with Crippen molar-refractivity contribution in [2.24, 2.45) is 4.99 Å². The second kappa shape index (κ2) is 7.21. The Hall–Kier alpha value is -0.750. The standard InChI is InChI=1S/C16H26N4S2/c1-13-11-21-14(19-13)10-18-15(17-2)20-8-9-22-16(12-20)6-4-3-5-7-16/h11H,3-10,12H2,1-2H3,(H,17,18). The molecule has 0 unspecified atom stereocenters. The smallest absolute Gasteiger partial charge is 0.194 e. The number of nitrogens with zero attached hydrogens (tertiary/aromatic N) is 3. The van der Waals surface area contributed by atoms with Gasteiger partial charge in [0.2, 0.25) is 0 Å². The fraction of sp³-hybridized carbons (Fsp3) is 0.750. The highest BCUT2D eigenvalue weighted by molar-refractivity contribution is 8.00. The molecule has 1 spiro atoms. The van der Waals surface area contributed by atoms with Crippen LogP contribution in [-0.4, -0.2) is 46.5 Å². The van der Waals surface area contributed by atoms with Crippen molar-refractivity contribution in [2.75, 3.05) is 25.9 Å². The zero-order valence-corrected chi connectivity index (χ0v) is 15.2. The van der Waals surface area contributed by atoms with Gasteiger partial charge >= 0.3 is 0 Å². The number of aliphatic imine (C=N–C) groups is 1. The third kappa shape index (κ3) is 3.77. The van der Waals surface area contributed by atoms with Gasteiger partial charge in [-0.1, -0.05) is 19.3 Å². The van der Waals surface area contributed by atoms with Gasteiger partial charge in [-0.05, 0) is 19.8 Å². The maximum atomic E-state index is 4.52. The lowest BCUT2D eigenvalue weighted by molar-refractivity contribution is 0.293. The summed E-state index contributed by atoms with van der Waals surface area (Å²) in [6, 6.07) is 0. The van der Waals surface area contributed by atoms with Gasteiger partial charge < -0.3 is 10.2 Å². The SMILES string of the molecule is CN=C(NCc1nc(C)cs1)N1CCSC2(CCCCC2)C1. The number of nitrogens with one attached hydrogen (secondary N) is 1. The van der Waals surface area contributed by atoms with Crippen LogP contribution in [0.1, 0.15) is 42.8 Å². The Morgan fingerprint density at radius 3 is 2.91 bits per heavy atom. The Morgan fingerprint density at radius 2 is 2.23 bits per heavy atom. The molecule has 3 rings (SSSR count). The summed E-state index contributed by atoms with van der Waals surface area (Å²) >= 11 is 3.92. The largest absolute Gasteiger partial charge is 0.350 e. The number of guanidine groups is 1. The molecule has 1 aromatic heterocycles. The van der Waals surface area contributed by atoms with Gasteiger partial charge in [0.1, 0.15) is 5.01 Å². The molecule has 2 fully saturated rings. The monoisotopic (exact) mass is 338 g/mol. The fourth-order valence-electron chi connectivity index (χ4n) is 3.50. The quantitative estimate of drug-likeness (QED) is 0.664. The molecule has 1 aliphatic carbocycles. The summed E-state index contributed by atoms with van der Waals surface area (Å²) in [4.78, 5) is 11.5. The van der Waals surface area contributed by atoms with Crippen LogP contribution in [0.3, 0.4) is 0 Å². The molecule has 0 bridgehead atoms. The van der Waals surface area contributed by atoms with Crippen molar-refractivity contribution in [1.82, 2.24) is 15.2 Å². The summed E-state index contributed by atoms with van der Waals surface area (Å²) in [6.45, 7) is 5.07. The van der Waals surface area contributed by atoms with Crippen LogP contribution in [0.25, 0.3) is 0 Å². The molecule has 22 heavy (non-hydrogen) atoms. The van der Waals surface area contributed by atoms with E-state index in [-0.39, 0.29) is 0 Å². The van der Waals surface area contributed by atoms with Crippen molar-refractivity contribution in [3.8, 4) is 0 Å². The molecule has 0 amide bonds. The van der Waals surface area contributed by atoms with Crippen molar-refractivity contribution in [3.05, 3.63) is 16.1 Å². The Bertz CT molecular complexity index is 514. The first-order chi connectivity index (χ1) is 10.7. The highest BCUT2D eigenvalue weighted by atomic mass is 32.2. The van der Waals surface area contributed by atoms with E-state index >= 15 is 0 Å². The molecule has 4 nitrogen and oxygen atoms in total. The molecule has 2 aliphatic rings. The first-order valence-electron chi connectivity index (χ1n) is 8.21. The van der Waals surface area contributed by atoms with Gasteiger partial charge in [0, 0.05) is 41.7 Å². The zero-order valence-electron chi connectivity index (χ0n) is 13.6. The number of thiazole rings is 1. The Kier molecular flexibility index (Phi) is 5.29. The van der Waals surface area contributed by atoms with Gasteiger partial charge in [-0.2, -0.15) is 11.8 Å². The third-order valence-corrected chi connectivity index (χ3v) is 7.09. The molecular formula is C16H26N4S2. The van der Waals surface area contributed by atoms with E-state index in [0.29, 0.717) is 4.75 Å². The van der Waals surface area contributed by atoms with Crippen LogP contribution in [0.4, 0.5) is 0 Å². The second-order valence-corrected chi connectivity index (χ2v) is 8.80. The summed E-state index contributed by atoms with van der Waals surface area (Å²) in [5, 5.41) is 6.75. The van der Waals surface area contributed by atoms with Crippen molar-refractivity contribution in [1.29, 1.82) is 0 Å². The molecule has 2 heterocycles. The fourth-order valence-corrected chi connectivity index (χ4v) is 5.78. The molecule has 1 saturated heterocycles. The number of hydrogen-bond acceptors (Lipinski definition) is 4. The summed E-state index contributed by atoms with van der Waals surface area (Å²) in [7, 11) is 1.89. The average Bonchev–Trinajstić information content (AvgIpc) is 2.94. The first kappa shape index (κ1) is 16.1. The minimum absolute atomic E-state index is 0.478. The van der Waals surface area contributed by atoms with Gasteiger partial charge in [-0.15, -0.1) is 11.3 Å². The Balaban J connectivity index is 1.60.